The topological polar surface area (TPSA) is 69.4 Å². The number of hydrogen-bond donors (Lipinski definition) is 0. The van der Waals surface area contributed by atoms with Crippen molar-refractivity contribution in [3.05, 3.63) is 48.3 Å². The molecule has 9 heteroatoms. The summed E-state index contributed by atoms with van der Waals surface area (Å²) in [5.74, 6) is 2.29. The summed E-state index contributed by atoms with van der Waals surface area (Å²) in [6, 6.07) is 9.84. The zero-order valence-electron chi connectivity index (χ0n) is 12.4. The van der Waals surface area contributed by atoms with E-state index in [1.807, 2.05) is 37.3 Å². The standard InChI is InChI=1S/C14H14N6S3/c1-10(2)8-21-13-16-17-14(23-13)22-9-12-15-18-19-20(12)11-6-4-3-5-7-11/h3-7H,1,8-9H2,2H3. The van der Waals surface area contributed by atoms with E-state index in [4.69, 9.17) is 0 Å². The molecule has 0 spiro atoms. The summed E-state index contributed by atoms with van der Waals surface area (Å²) in [7, 11) is 0. The highest BCUT2D eigenvalue weighted by Crippen LogP contribution is 2.31. The fourth-order valence-corrected chi connectivity index (χ4v) is 4.46. The highest BCUT2D eigenvalue weighted by molar-refractivity contribution is 8.03. The highest BCUT2D eigenvalue weighted by Gasteiger charge is 2.11. The maximum Gasteiger partial charge on any atom is 0.175 e. The molecular weight excluding hydrogens is 348 g/mol. The Morgan fingerprint density at radius 3 is 2.61 bits per heavy atom. The van der Waals surface area contributed by atoms with Gasteiger partial charge in [-0.1, -0.05) is 65.2 Å². The number of hydrogen-bond acceptors (Lipinski definition) is 8. The molecule has 0 saturated heterocycles. The van der Waals surface area contributed by atoms with Gasteiger partial charge in [0, 0.05) is 5.75 Å². The molecule has 0 aliphatic carbocycles. The van der Waals surface area contributed by atoms with Crippen molar-refractivity contribution in [3.63, 3.8) is 0 Å². The first-order valence-corrected chi connectivity index (χ1v) is 9.57. The largest absolute Gasteiger partial charge is 0.196 e. The van der Waals surface area contributed by atoms with Gasteiger partial charge in [0.2, 0.25) is 0 Å². The Hall–Kier alpha value is -1.71. The SMILES string of the molecule is C=C(C)CSc1nnc(SCc2nnnn2-c2ccccc2)s1. The molecule has 0 fully saturated rings. The molecule has 0 unspecified atom stereocenters. The first kappa shape index (κ1) is 16.2. The molecule has 0 bridgehead atoms. The summed E-state index contributed by atoms with van der Waals surface area (Å²) in [4.78, 5) is 0. The predicted molar refractivity (Wildman–Crippen MR) is 94.2 cm³/mol. The number of aromatic nitrogens is 6. The van der Waals surface area contributed by atoms with Crippen LogP contribution in [0.1, 0.15) is 12.7 Å². The van der Waals surface area contributed by atoms with E-state index in [1.165, 1.54) is 0 Å². The van der Waals surface area contributed by atoms with Gasteiger partial charge in [-0.25, -0.2) is 0 Å². The quantitative estimate of drug-likeness (QED) is 0.471. The Morgan fingerprint density at radius 2 is 1.87 bits per heavy atom. The number of nitrogens with zero attached hydrogens (tertiary/aromatic N) is 6. The molecule has 23 heavy (non-hydrogen) atoms. The monoisotopic (exact) mass is 362 g/mol. The fourth-order valence-electron chi connectivity index (χ4n) is 1.69. The van der Waals surface area contributed by atoms with Gasteiger partial charge in [-0.3, -0.25) is 0 Å². The first-order chi connectivity index (χ1) is 11.2. The van der Waals surface area contributed by atoms with Gasteiger partial charge in [-0.15, -0.1) is 15.3 Å². The van der Waals surface area contributed by atoms with Gasteiger partial charge in [0.15, 0.2) is 14.5 Å². The Kier molecular flexibility index (Phi) is 5.42. The molecule has 0 radical (unpaired) electrons. The van der Waals surface area contributed by atoms with E-state index in [0.29, 0.717) is 5.75 Å². The van der Waals surface area contributed by atoms with Crippen LogP contribution in [0.25, 0.3) is 5.69 Å². The Labute approximate surface area is 146 Å². The van der Waals surface area contributed by atoms with Crippen molar-refractivity contribution in [2.75, 3.05) is 5.75 Å². The molecule has 0 aliphatic heterocycles. The molecule has 0 saturated carbocycles. The summed E-state index contributed by atoms with van der Waals surface area (Å²) in [6.07, 6.45) is 0. The molecule has 3 rings (SSSR count). The summed E-state index contributed by atoms with van der Waals surface area (Å²) in [5, 5.41) is 20.3. The van der Waals surface area contributed by atoms with Crippen molar-refractivity contribution in [2.24, 2.45) is 0 Å². The first-order valence-electron chi connectivity index (χ1n) is 6.78. The third-order valence-electron chi connectivity index (χ3n) is 2.69. The van der Waals surface area contributed by atoms with Crippen LogP contribution in [-0.4, -0.2) is 36.2 Å². The van der Waals surface area contributed by atoms with Crippen molar-refractivity contribution < 1.29 is 0 Å². The average Bonchev–Trinajstić information content (AvgIpc) is 3.21. The lowest BCUT2D eigenvalue weighted by molar-refractivity contribution is 0.777. The van der Waals surface area contributed by atoms with E-state index in [0.717, 1.165) is 31.5 Å². The molecule has 3 aromatic rings. The Balaban J connectivity index is 1.63. The number of benzene rings is 1. The van der Waals surface area contributed by atoms with Crippen LogP contribution in [0, 0.1) is 0 Å². The maximum atomic E-state index is 4.20. The number of rotatable bonds is 7. The predicted octanol–water partition coefficient (Wildman–Crippen LogP) is 3.47. The van der Waals surface area contributed by atoms with Crippen LogP contribution in [-0.2, 0) is 5.75 Å². The normalized spacial score (nSPS) is 10.8. The minimum absolute atomic E-state index is 0.641. The van der Waals surface area contributed by atoms with E-state index in [2.05, 4.69) is 32.3 Å². The van der Waals surface area contributed by atoms with E-state index in [1.54, 1.807) is 39.5 Å². The lowest BCUT2D eigenvalue weighted by Crippen LogP contribution is -2.01. The van der Waals surface area contributed by atoms with Crippen molar-refractivity contribution in [3.8, 4) is 5.69 Å². The molecule has 2 aromatic heterocycles. The Bertz CT molecular complexity index is 783. The third kappa shape index (κ3) is 4.40. The van der Waals surface area contributed by atoms with Gasteiger partial charge in [-0.05, 0) is 29.5 Å². The van der Waals surface area contributed by atoms with Crippen LogP contribution in [0.4, 0.5) is 0 Å². The van der Waals surface area contributed by atoms with Crippen molar-refractivity contribution in [2.45, 2.75) is 21.4 Å². The molecular formula is C14H14N6S3. The van der Waals surface area contributed by atoms with E-state index in [-0.39, 0.29) is 0 Å². The zero-order valence-corrected chi connectivity index (χ0v) is 14.9. The van der Waals surface area contributed by atoms with E-state index in [9.17, 15) is 0 Å². The molecule has 118 valence electrons. The molecule has 6 nitrogen and oxygen atoms in total. The van der Waals surface area contributed by atoms with Crippen molar-refractivity contribution in [1.82, 2.24) is 30.4 Å². The second-order valence-corrected chi connectivity index (χ2v) is 8.13. The zero-order chi connectivity index (χ0) is 16.1. The molecule has 2 heterocycles. The third-order valence-corrected chi connectivity index (χ3v) is 6.11. The van der Waals surface area contributed by atoms with E-state index < -0.39 is 0 Å². The highest BCUT2D eigenvalue weighted by atomic mass is 32.2. The molecule has 1 aromatic carbocycles. The van der Waals surface area contributed by atoms with Crippen molar-refractivity contribution in [1.29, 1.82) is 0 Å². The van der Waals surface area contributed by atoms with Crippen LogP contribution in [0.2, 0.25) is 0 Å². The van der Waals surface area contributed by atoms with Gasteiger partial charge in [0.05, 0.1) is 11.4 Å². The number of tetrazole rings is 1. The van der Waals surface area contributed by atoms with Gasteiger partial charge < -0.3 is 0 Å². The van der Waals surface area contributed by atoms with Gasteiger partial charge in [0.25, 0.3) is 0 Å². The molecule has 0 aliphatic rings. The lowest BCUT2D eigenvalue weighted by atomic mass is 10.3. The van der Waals surface area contributed by atoms with Crippen LogP contribution >= 0.6 is 34.9 Å². The van der Waals surface area contributed by atoms with Crippen molar-refractivity contribution >= 4 is 34.9 Å². The summed E-state index contributed by atoms with van der Waals surface area (Å²) >= 11 is 4.83. The van der Waals surface area contributed by atoms with Crippen LogP contribution in [0.3, 0.4) is 0 Å². The number of para-hydroxylation sites is 1. The fraction of sp³-hybridized carbons (Fsp3) is 0.214. The second-order valence-electron chi connectivity index (χ2n) is 4.71. The van der Waals surface area contributed by atoms with Gasteiger partial charge in [-0.2, -0.15) is 4.68 Å². The molecule has 0 N–H and O–H groups in total. The maximum absolute atomic E-state index is 4.20. The number of thioether (sulfide) groups is 2. The van der Waals surface area contributed by atoms with E-state index >= 15 is 0 Å². The van der Waals surface area contributed by atoms with Crippen LogP contribution < -0.4 is 0 Å². The molecule has 0 atom stereocenters. The summed E-state index contributed by atoms with van der Waals surface area (Å²) in [5.41, 5.74) is 2.07. The van der Waals surface area contributed by atoms with Gasteiger partial charge in [0.1, 0.15) is 0 Å². The minimum atomic E-state index is 0.641. The lowest BCUT2D eigenvalue weighted by Gasteiger charge is -2.02. The second kappa shape index (κ2) is 7.71. The minimum Gasteiger partial charge on any atom is -0.196 e. The smallest absolute Gasteiger partial charge is 0.175 e. The molecule has 0 amide bonds. The van der Waals surface area contributed by atoms with Crippen LogP contribution in [0.15, 0.2) is 51.2 Å². The average molecular weight is 363 g/mol. The Morgan fingerprint density at radius 1 is 1.13 bits per heavy atom. The summed E-state index contributed by atoms with van der Waals surface area (Å²) in [6.45, 7) is 5.90. The summed E-state index contributed by atoms with van der Waals surface area (Å²) < 4.78 is 3.61. The van der Waals surface area contributed by atoms with Gasteiger partial charge >= 0.3 is 0 Å². The van der Waals surface area contributed by atoms with Crippen LogP contribution in [0.5, 0.6) is 0 Å².